The van der Waals surface area contributed by atoms with Gasteiger partial charge >= 0.3 is 5.97 Å². The fraction of sp³-hybridized carbons (Fsp3) is 0.150. The third-order valence-corrected chi connectivity index (χ3v) is 6.04. The van der Waals surface area contributed by atoms with Gasteiger partial charge in [-0.1, -0.05) is 23.2 Å². The van der Waals surface area contributed by atoms with Crippen LogP contribution in [0.5, 0.6) is 0 Å². The minimum absolute atomic E-state index is 0.0278. The van der Waals surface area contributed by atoms with Gasteiger partial charge < -0.3 is 21.1 Å². The van der Waals surface area contributed by atoms with Crippen LogP contribution in [0.1, 0.15) is 12.2 Å². The average molecular weight is 491 g/mol. The number of carbonyl (C=O) groups excluding carboxylic acids is 2. The predicted octanol–water partition coefficient (Wildman–Crippen LogP) is 4.05. The molecule has 4 N–H and O–H groups in total. The zero-order chi connectivity index (χ0) is 22.7. The van der Waals surface area contributed by atoms with Gasteiger partial charge in [-0.3, -0.25) is 9.59 Å². The number of thioether (sulfide) groups is 1. The van der Waals surface area contributed by atoms with Crippen molar-refractivity contribution < 1.29 is 14.3 Å². The molecule has 12 heteroatoms. The Morgan fingerprint density at radius 2 is 1.88 bits per heavy atom. The Morgan fingerprint density at radius 1 is 1.12 bits per heavy atom. The summed E-state index contributed by atoms with van der Waals surface area (Å²) in [6, 6.07) is 12.1. The van der Waals surface area contributed by atoms with E-state index in [4.69, 9.17) is 33.7 Å². The number of carbonyl (C=O) groups is 2. The number of amides is 1. The maximum atomic E-state index is 12.3. The molecule has 1 aromatic heterocycles. The van der Waals surface area contributed by atoms with Gasteiger partial charge in [-0.05, 0) is 42.5 Å². The van der Waals surface area contributed by atoms with Crippen molar-refractivity contribution in [3.63, 3.8) is 0 Å². The van der Waals surface area contributed by atoms with Crippen LogP contribution in [0.15, 0.2) is 47.4 Å². The molecule has 1 aliphatic heterocycles. The van der Waals surface area contributed by atoms with Crippen LogP contribution in [0.3, 0.4) is 0 Å². The molecule has 4 rings (SSSR count). The molecule has 0 radical (unpaired) electrons. The van der Waals surface area contributed by atoms with Gasteiger partial charge in [0.15, 0.2) is 12.4 Å². The zero-order valence-corrected chi connectivity index (χ0v) is 18.7. The van der Waals surface area contributed by atoms with E-state index in [1.165, 1.54) is 11.8 Å². The summed E-state index contributed by atoms with van der Waals surface area (Å²) in [5, 5.41) is 6.22. The average Bonchev–Trinajstić information content (AvgIpc) is 2.74. The van der Waals surface area contributed by atoms with E-state index < -0.39 is 11.2 Å². The van der Waals surface area contributed by atoms with E-state index in [0.717, 1.165) is 4.90 Å². The van der Waals surface area contributed by atoms with Crippen molar-refractivity contribution in [3.05, 3.63) is 58.3 Å². The smallest absolute Gasteiger partial charge is 0.307 e. The van der Waals surface area contributed by atoms with Gasteiger partial charge in [0, 0.05) is 20.6 Å². The molecule has 2 heterocycles. The Labute approximate surface area is 197 Å². The van der Waals surface area contributed by atoms with Crippen LogP contribution < -0.4 is 16.4 Å². The fourth-order valence-electron chi connectivity index (χ4n) is 2.83. The molecule has 9 nitrogen and oxygen atoms in total. The maximum Gasteiger partial charge on any atom is 0.307 e. The number of nitrogen functional groups attached to an aromatic ring is 1. The highest BCUT2D eigenvalue weighted by molar-refractivity contribution is 8.01. The first-order valence-corrected chi connectivity index (χ1v) is 10.9. The number of halogens is 2. The number of aromatic nitrogens is 3. The minimum atomic E-state index is -0.623. The monoisotopic (exact) mass is 490 g/mol. The molecule has 0 saturated heterocycles. The van der Waals surface area contributed by atoms with E-state index in [1.807, 2.05) is 0 Å². The molecule has 32 heavy (non-hydrogen) atoms. The Morgan fingerprint density at radius 3 is 2.66 bits per heavy atom. The van der Waals surface area contributed by atoms with Crippen molar-refractivity contribution in [2.24, 2.45) is 0 Å². The first kappa shape index (κ1) is 22.1. The summed E-state index contributed by atoms with van der Waals surface area (Å²) >= 11 is 13.1. The number of hydrogen-bond acceptors (Lipinski definition) is 9. The highest BCUT2D eigenvalue weighted by atomic mass is 35.5. The van der Waals surface area contributed by atoms with Crippen LogP contribution >= 0.6 is 35.0 Å². The Kier molecular flexibility index (Phi) is 6.63. The summed E-state index contributed by atoms with van der Waals surface area (Å²) in [6.45, 7) is -0.216. The lowest BCUT2D eigenvalue weighted by molar-refractivity contribution is -0.146. The van der Waals surface area contributed by atoms with Gasteiger partial charge in [-0.2, -0.15) is 15.0 Å². The Bertz CT molecular complexity index is 1180. The van der Waals surface area contributed by atoms with Crippen LogP contribution in [0, 0.1) is 0 Å². The zero-order valence-electron chi connectivity index (χ0n) is 16.3. The summed E-state index contributed by atoms with van der Waals surface area (Å²) in [5.74, 6) is -0.520. The second-order valence-electron chi connectivity index (χ2n) is 6.67. The van der Waals surface area contributed by atoms with Gasteiger partial charge in [0.25, 0.3) is 0 Å². The second-order valence-corrected chi connectivity index (χ2v) is 8.78. The normalized spacial score (nSPS) is 14.9. The topological polar surface area (TPSA) is 132 Å². The number of nitrogens with one attached hydrogen (secondary N) is 2. The summed E-state index contributed by atoms with van der Waals surface area (Å²) < 4.78 is 5.26. The molecular formula is C20H16Cl2N6O3S. The molecule has 0 saturated carbocycles. The van der Waals surface area contributed by atoms with E-state index in [0.29, 0.717) is 21.4 Å². The van der Waals surface area contributed by atoms with Crippen molar-refractivity contribution in [1.82, 2.24) is 15.0 Å². The number of nitrogens with two attached hydrogens (primary N) is 1. The van der Waals surface area contributed by atoms with Crippen molar-refractivity contribution >= 4 is 70.1 Å². The van der Waals surface area contributed by atoms with Crippen molar-refractivity contribution in [2.75, 3.05) is 16.4 Å². The second kappa shape index (κ2) is 9.60. The van der Waals surface area contributed by atoms with Crippen LogP contribution in [0.25, 0.3) is 0 Å². The van der Waals surface area contributed by atoms with Gasteiger partial charge in [0.1, 0.15) is 0 Å². The molecule has 0 aliphatic carbocycles. The highest BCUT2D eigenvalue weighted by Gasteiger charge is 2.29. The maximum absolute atomic E-state index is 12.3. The van der Waals surface area contributed by atoms with Gasteiger partial charge in [0.2, 0.25) is 17.8 Å². The van der Waals surface area contributed by atoms with Crippen LogP contribution in [0.4, 0.5) is 23.3 Å². The summed E-state index contributed by atoms with van der Waals surface area (Å²) in [6.07, 6.45) is -0.116. The first-order chi connectivity index (χ1) is 15.4. The highest BCUT2D eigenvalue weighted by Crippen LogP contribution is 2.38. The quantitative estimate of drug-likeness (QED) is 0.437. The molecule has 164 valence electrons. The number of esters is 1. The molecule has 2 aromatic carbocycles. The number of rotatable bonds is 6. The Balaban J connectivity index is 1.35. The number of ether oxygens (including phenoxy) is 1. The largest absolute Gasteiger partial charge is 0.457 e. The third-order valence-electron chi connectivity index (χ3n) is 4.27. The molecule has 1 atom stereocenters. The summed E-state index contributed by atoms with van der Waals surface area (Å²) in [5.41, 5.74) is 7.06. The number of benzene rings is 2. The lowest BCUT2D eigenvalue weighted by Crippen LogP contribution is -2.31. The van der Waals surface area contributed by atoms with Gasteiger partial charge in [-0.15, -0.1) is 11.8 Å². The van der Waals surface area contributed by atoms with E-state index >= 15 is 0 Å². The molecule has 1 unspecified atom stereocenters. The Hall–Kier alpha value is -3.08. The van der Waals surface area contributed by atoms with E-state index in [9.17, 15) is 9.59 Å². The molecule has 0 spiro atoms. The standard InChI is InChI=1S/C20H16Cl2N6O3S/c21-10-1-4-12(5-2-10)24-20-27-16(26-19(23)28-20)9-31-17(29)8-15-18(30)25-13-7-11(22)3-6-14(13)32-15/h1-7,15H,8-9H2,(H,25,30)(H3,23,24,26,27,28). The van der Waals surface area contributed by atoms with E-state index in [1.54, 1.807) is 42.5 Å². The van der Waals surface area contributed by atoms with E-state index in [-0.39, 0.29) is 36.7 Å². The molecule has 3 aromatic rings. The van der Waals surface area contributed by atoms with Crippen molar-refractivity contribution in [2.45, 2.75) is 23.2 Å². The van der Waals surface area contributed by atoms with E-state index in [2.05, 4.69) is 25.6 Å². The first-order valence-electron chi connectivity index (χ1n) is 9.31. The molecule has 1 amide bonds. The van der Waals surface area contributed by atoms with Crippen LogP contribution in [-0.2, 0) is 20.9 Å². The third kappa shape index (κ3) is 5.58. The van der Waals surface area contributed by atoms with Crippen LogP contribution in [-0.4, -0.2) is 32.1 Å². The van der Waals surface area contributed by atoms with Crippen LogP contribution in [0.2, 0.25) is 10.0 Å². The lowest BCUT2D eigenvalue weighted by atomic mass is 10.2. The van der Waals surface area contributed by atoms with Gasteiger partial charge in [-0.25, -0.2) is 0 Å². The van der Waals surface area contributed by atoms with Crippen molar-refractivity contribution in [3.8, 4) is 0 Å². The molecule has 0 bridgehead atoms. The molecular weight excluding hydrogens is 475 g/mol. The molecule has 1 aliphatic rings. The SMILES string of the molecule is Nc1nc(COC(=O)CC2Sc3ccc(Cl)cc3NC2=O)nc(Nc2ccc(Cl)cc2)n1. The predicted molar refractivity (Wildman–Crippen MR) is 123 cm³/mol. The fourth-order valence-corrected chi connectivity index (χ4v) is 4.21. The lowest BCUT2D eigenvalue weighted by Gasteiger charge is -2.23. The van der Waals surface area contributed by atoms with Crippen molar-refractivity contribution in [1.29, 1.82) is 0 Å². The minimum Gasteiger partial charge on any atom is -0.457 e. The number of fused-ring (bicyclic) bond motifs is 1. The summed E-state index contributed by atoms with van der Waals surface area (Å²) in [7, 11) is 0. The number of nitrogens with zero attached hydrogens (tertiary/aromatic N) is 3. The number of anilines is 4. The summed E-state index contributed by atoms with van der Waals surface area (Å²) in [4.78, 5) is 37.7. The van der Waals surface area contributed by atoms with Gasteiger partial charge in [0.05, 0.1) is 17.4 Å². The number of hydrogen-bond donors (Lipinski definition) is 3. The molecule has 0 fully saturated rings.